The van der Waals surface area contributed by atoms with Crippen LogP contribution >= 0.6 is 11.6 Å². The predicted molar refractivity (Wildman–Crippen MR) is 154 cm³/mol. The third-order valence-corrected chi connectivity index (χ3v) is 8.34. The van der Waals surface area contributed by atoms with Crippen molar-refractivity contribution < 1.29 is 4.79 Å². The SMILES string of the molecule is CC1CN(C2CCN(CC(N)=O)C2)CCN1c1cc(C#N)cc(Nc2nc(NC3CC3)n3ncc(C#N)c3n2)c1Cl. The van der Waals surface area contributed by atoms with E-state index in [9.17, 15) is 15.3 Å². The molecule has 4 heterocycles. The minimum atomic E-state index is -0.295. The van der Waals surface area contributed by atoms with Crippen molar-refractivity contribution >= 4 is 46.4 Å². The molecule has 3 fully saturated rings. The Morgan fingerprint density at radius 3 is 2.68 bits per heavy atom. The van der Waals surface area contributed by atoms with Gasteiger partial charge in [-0.3, -0.25) is 14.6 Å². The van der Waals surface area contributed by atoms with Crippen LogP contribution in [0.4, 0.5) is 23.3 Å². The molecule has 1 amide bonds. The highest BCUT2D eigenvalue weighted by molar-refractivity contribution is 6.36. The number of nitriles is 2. The first kappa shape index (κ1) is 27.0. The van der Waals surface area contributed by atoms with Gasteiger partial charge in [0.2, 0.25) is 17.8 Å². The van der Waals surface area contributed by atoms with Crippen LogP contribution in [0, 0.1) is 22.7 Å². The normalized spacial score (nSPS) is 21.5. The Kier molecular flexibility index (Phi) is 7.26. The molecular weight excluding hydrogens is 544 g/mol. The van der Waals surface area contributed by atoms with Gasteiger partial charge in [-0.1, -0.05) is 11.6 Å². The number of aromatic nitrogens is 4. The van der Waals surface area contributed by atoms with Gasteiger partial charge < -0.3 is 21.3 Å². The van der Waals surface area contributed by atoms with Crippen LogP contribution in [0.2, 0.25) is 5.02 Å². The zero-order valence-electron chi connectivity index (χ0n) is 22.7. The summed E-state index contributed by atoms with van der Waals surface area (Å²) in [6.45, 7) is 6.56. The van der Waals surface area contributed by atoms with E-state index in [-0.39, 0.29) is 17.9 Å². The van der Waals surface area contributed by atoms with Gasteiger partial charge in [-0.05, 0) is 38.3 Å². The molecular formula is C27H31ClN12O. The molecule has 0 spiro atoms. The van der Waals surface area contributed by atoms with Gasteiger partial charge in [-0.15, -0.1) is 0 Å². The Bertz CT molecular complexity index is 1570. The van der Waals surface area contributed by atoms with Crippen LogP contribution in [-0.4, -0.2) is 92.7 Å². The minimum Gasteiger partial charge on any atom is -0.369 e. The minimum absolute atomic E-state index is 0.139. The van der Waals surface area contributed by atoms with Crippen LogP contribution in [0.1, 0.15) is 37.3 Å². The first-order valence-electron chi connectivity index (χ1n) is 13.8. The monoisotopic (exact) mass is 574 g/mol. The standard InChI is InChI=1S/C27H31ClN12O/c1-16-13-38(20-4-5-37(14-20)15-23(31)41)6-7-39(16)22-9-17(10-29)8-21(24(22)28)34-26-35-25-18(11-30)12-32-40(25)27(36-26)33-19-2-3-19/h8-9,12,16,19-20H,2-7,13-15H2,1H3,(H2,31,41)(H2,33,34,35,36). The van der Waals surface area contributed by atoms with Gasteiger partial charge in [-0.2, -0.15) is 30.1 Å². The maximum Gasteiger partial charge on any atom is 0.232 e. The van der Waals surface area contributed by atoms with Crippen LogP contribution in [0.3, 0.4) is 0 Å². The average molecular weight is 575 g/mol. The van der Waals surface area contributed by atoms with Crippen molar-refractivity contribution in [2.75, 3.05) is 54.8 Å². The molecule has 3 aromatic rings. The fourth-order valence-corrected chi connectivity index (χ4v) is 6.02. The van der Waals surface area contributed by atoms with E-state index in [0.717, 1.165) is 57.7 Å². The van der Waals surface area contributed by atoms with Crippen LogP contribution in [0.15, 0.2) is 18.3 Å². The van der Waals surface area contributed by atoms with Crippen molar-refractivity contribution in [1.82, 2.24) is 29.4 Å². The van der Waals surface area contributed by atoms with Gasteiger partial charge in [0, 0.05) is 50.8 Å². The number of amides is 1. The average Bonchev–Trinajstić information content (AvgIpc) is 3.47. The largest absolute Gasteiger partial charge is 0.369 e. The van der Waals surface area contributed by atoms with Crippen LogP contribution in [-0.2, 0) is 4.79 Å². The van der Waals surface area contributed by atoms with E-state index in [0.29, 0.717) is 52.1 Å². The highest BCUT2D eigenvalue weighted by Gasteiger charge is 2.34. The lowest BCUT2D eigenvalue weighted by Crippen LogP contribution is -2.55. The summed E-state index contributed by atoms with van der Waals surface area (Å²) >= 11 is 6.99. The lowest BCUT2D eigenvalue weighted by Gasteiger charge is -2.44. The van der Waals surface area contributed by atoms with E-state index in [1.54, 1.807) is 6.07 Å². The fraction of sp³-hybridized carbons (Fsp3) is 0.481. The molecule has 2 aliphatic heterocycles. The molecule has 1 saturated carbocycles. The number of primary amides is 1. The summed E-state index contributed by atoms with van der Waals surface area (Å²) in [5.74, 6) is 0.442. The Morgan fingerprint density at radius 1 is 1.15 bits per heavy atom. The zero-order valence-corrected chi connectivity index (χ0v) is 23.5. The maximum atomic E-state index is 11.3. The maximum absolute atomic E-state index is 11.3. The fourth-order valence-electron chi connectivity index (χ4n) is 5.76. The molecule has 4 N–H and O–H groups in total. The molecule has 2 unspecified atom stereocenters. The highest BCUT2D eigenvalue weighted by Crippen LogP contribution is 2.38. The molecule has 2 atom stereocenters. The van der Waals surface area contributed by atoms with E-state index in [1.165, 1.54) is 10.7 Å². The highest BCUT2D eigenvalue weighted by atomic mass is 35.5. The number of carbonyl (C=O) groups is 1. The van der Waals surface area contributed by atoms with E-state index < -0.39 is 0 Å². The molecule has 13 nitrogen and oxygen atoms in total. The summed E-state index contributed by atoms with van der Waals surface area (Å²) in [6, 6.07) is 8.70. The van der Waals surface area contributed by atoms with E-state index in [4.69, 9.17) is 17.3 Å². The molecule has 0 radical (unpaired) electrons. The molecule has 0 bridgehead atoms. The van der Waals surface area contributed by atoms with Crippen molar-refractivity contribution in [2.45, 2.75) is 44.3 Å². The summed E-state index contributed by atoms with van der Waals surface area (Å²) in [7, 11) is 0. The van der Waals surface area contributed by atoms with Crippen molar-refractivity contribution in [3.63, 3.8) is 0 Å². The van der Waals surface area contributed by atoms with Gasteiger partial charge in [-0.25, -0.2) is 0 Å². The van der Waals surface area contributed by atoms with Gasteiger partial charge in [0.1, 0.15) is 11.6 Å². The number of fused-ring (bicyclic) bond motifs is 1. The van der Waals surface area contributed by atoms with Crippen molar-refractivity contribution in [2.24, 2.45) is 5.73 Å². The van der Waals surface area contributed by atoms with E-state index >= 15 is 0 Å². The smallest absolute Gasteiger partial charge is 0.232 e. The number of nitrogens with two attached hydrogens (primary N) is 1. The van der Waals surface area contributed by atoms with Crippen molar-refractivity contribution in [3.05, 3.63) is 34.5 Å². The molecule has 2 saturated heterocycles. The second-order valence-electron chi connectivity index (χ2n) is 11.0. The summed E-state index contributed by atoms with van der Waals surface area (Å²) in [5.41, 5.74) is 7.84. The second-order valence-corrected chi connectivity index (χ2v) is 11.3. The van der Waals surface area contributed by atoms with Gasteiger partial charge in [0.25, 0.3) is 0 Å². The molecule has 14 heteroatoms. The van der Waals surface area contributed by atoms with Crippen LogP contribution in [0.5, 0.6) is 0 Å². The lowest BCUT2D eigenvalue weighted by atomic mass is 10.1. The number of nitrogens with one attached hydrogen (secondary N) is 2. The molecule has 1 aromatic carbocycles. The summed E-state index contributed by atoms with van der Waals surface area (Å²) < 4.78 is 1.53. The Hall–Kier alpha value is -4.17. The van der Waals surface area contributed by atoms with Crippen LogP contribution < -0.4 is 21.3 Å². The quantitative estimate of drug-likeness (QED) is 0.359. The number of rotatable bonds is 8. The van der Waals surface area contributed by atoms with Gasteiger partial charge in [0.15, 0.2) is 5.65 Å². The number of hydrogen-bond acceptors (Lipinski definition) is 11. The number of benzene rings is 1. The zero-order chi connectivity index (χ0) is 28.7. The molecule has 41 heavy (non-hydrogen) atoms. The lowest BCUT2D eigenvalue weighted by molar-refractivity contribution is -0.118. The first-order chi connectivity index (χ1) is 19.8. The number of piperazine rings is 1. The van der Waals surface area contributed by atoms with Crippen LogP contribution in [0.25, 0.3) is 5.65 Å². The topological polar surface area (TPSA) is 168 Å². The van der Waals surface area contributed by atoms with E-state index in [2.05, 4.69) is 59.5 Å². The summed E-state index contributed by atoms with van der Waals surface area (Å²) in [4.78, 5) is 27.3. The number of hydrogen-bond donors (Lipinski definition) is 3. The third-order valence-electron chi connectivity index (χ3n) is 7.94. The number of nitrogens with zero attached hydrogens (tertiary/aromatic N) is 9. The molecule has 3 aliphatic rings. The first-order valence-corrected chi connectivity index (χ1v) is 14.1. The van der Waals surface area contributed by atoms with Crippen molar-refractivity contribution in [3.8, 4) is 12.1 Å². The Labute approximate surface area is 242 Å². The van der Waals surface area contributed by atoms with Crippen molar-refractivity contribution in [1.29, 1.82) is 10.5 Å². The second kappa shape index (κ2) is 11.0. The number of likely N-dealkylation sites (tertiary alicyclic amines) is 1. The molecule has 212 valence electrons. The Morgan fingerprint density at radius 2 is 1.98 bits per heavy atom. The van der Waals surface area contributed by atoms with E-state index in [1.807, 2.05) is 6.07 Å². The number of carbonyl (C=O) groups excluding carboxylic acids is 1. The molecule has 1 aliphatic carbocycles. The predicted octanol–water partition coefficient (Wildman–Crippen LogP) is 1.91. The Balaban J connectivity index is 1.24. The summed E-state index contributed by atoms with van der Waals surface area (Å²) in [6.07, 6.45) is 4.55. The molecule has 2 aromatic heterocycles. The third kappa shape index (κ3) is 5.57. The number of anilines is 4. The summed E-state index contributed by atoms with van der Waals surface area (Å²) in [5, 5.41) is 30.7. The number of halogens is 1. The van der Waals surface area contributed by atoms with Gasteiger partial charge in [0.05, 0.1) is 40.8 Å². The van der Waals surface area contributed by atoms with Gasteiger partial charge >= 0.3 is 0 Å². The molecule has 6 rings (SSSR count).